The van der Waals surface area contributed by atoms with E-state index >= 15 is 0 Å². The Bertz CT molecular complexity index is 2760. The molecule has 0 saturated heterocycles. The summed E-state index contributed by atoms with van der Waals surface area (Å²) >= 11 is 0. The van der Waals surface area contributed by atoms with Crippen LogP contribution in [0.4, 0.5) is 0 Å². The molecule has 0 N–H and O–H groups in total. The van der Waals surface area contributed by atoms with Gasteiger partial charge in [-0.15, -0.1) is 0 Å². The number of hydrogen-bond acceptors (Lipinski definition) is 0. The van der Waals surface area contributed by atoms with Crippen molar-refractivity contribution in [3.8, 4) is 16.8 Å². The van der Waals surface area contributed by atoms with Crippen molar-refractivity contribution in [3.05, 3.63) is 186 Å². The van der Waals surface area contributed by atoms with E-state index in [4.69, 9.17) is 0 Å². The minimum absolute atomic E-state index is 0.311. The third-order valence-corrected chi connectivity index (χ3v) is 10.7. The second-order valence-corrected chi connectivity index (χ2v) is 13.6. The van der Waals surface area contributed by atoms with Gasteiger partial charge in [0, 0.05) is 44.0 Å². The Kier molecular flexibility index (Phi) is 6.80. The van der Waals surface area contributed by atoms with Crippen LogP contribution in [0.2, 0.25) is 0 Å². The summed E-state index contributed by atoms with van der Waals surface area (Å²) in [5.41, 5.74) is 12.8. The minimum Gasteiger partial charge on any atom is -0.313 e. The summed E-state index contributed by atoms with van der Waals surface area (Å²) in [6.07, 6.45) is 12.8. The lowest BCUT2D eigenvalue weighted by atomic mass is 9.90. The van der Waals surface area contributed by atoms with Crippen LogP contribution in [-0.2, 0) is 0 Å². The average molecular weight is 641 g/mol. The van der Waals surface area contributed by atoms with Gasteiger partial charge in [0.05, 0.1) is 16.6 Å². The lowest BCUT2D eigenvalue weighted by Gasteiger charge is -2.18. The molecular weight excluding hydrogens is 605 g/mol. The van der Waals surface area contributed by atoms with Crippen molar-refractivity contribution in [3.63, 3.8) is 0 Å². The average Bonchev–Trinajstić information content (AvgIpc) is 3.71. The van der Waals surface area contributed by atoms with Crippen LogP contribution < -0.4 is 10.6 Å². The zero-order valence-corrected chi connectivity index (χ0v) is 27.8. The van der Waals surface area contributed by atoms with Crippen molar-refractivity contribution >= 4 is 56.1 Å². The number of nitrogens with zero attached hydrogens (tertiary/aromatic N) is 2. The summed E-state index contributed by atoms with van der Waals surface area (Å²) in [6, 6.07) is 55.4. The first-order valence-corrected chi connectivity index (χ1v) is 17.8. The van der Waals surface area contributed by atoms with E-state index in [0.717, 1.165) is 19.3 Å². The van der Waals surface area contributed by atoms with Crippen molar-refractivity contribution < 1.29 is 0 Å². The predicted octanol–water partition coefficient (Wildman–Crippen LogP) is 10.9. The number of benzene rings is 6. The van der Waals surface area contributed by atoms with Gasteiger partial charge >= 0.3 is 0 Å². The Morgan fingerprint density at radius 3 is 1.94 bits per heavy atom. The molecule has 2 aliphatic rings. The molecule has 8 aromatic rings. The molecule has 2 heterocycles. The summed E-state index contributed by atoms with van der Waals surface area (Å²) < 4.78 is 4.94. The van der Waals surface area contributed by atoms with Crippen LogP contribution in [0.15, 0.2) is 164 Å². The lowest BCUT2D eigenvalue weighted by molar-refractivity contribution is 0.908. The van der Waals surface area contributed by atoms with Crippen molar-refractivity contribution in [2.45, 2.75) is 25.2 Å². The molecule has 10 rings (SSSR count). The Morgan fingerprint density at radius 1 is 0.500 bits per heavy atom. The number of fused-ring (bicyclic) bond motifs is 6. The highest BCUT2D eigenvalue weighted by Gasteiger charge is 2.20. The molecule has 0 amide bonds. The van der Waals surface area contributed by atoms with Gasteiger partial charge in [-0.2, -0.15) is 0 Å². The van der Waals surface area contributed by atoms with Crippen LogP contribution in [0.1, 0.15) is 36.3 Å². The lowest BCUT2D eigenvalue weighted by Crippen LogP contribution is -2.31. The van der Waals surface area contributed by atoms with Gasteiger partial charge in [-0.1, -0.05) is 133 Å². The molecule has 0 fully saturated rings. The third kappa shape index (κ3) is 4.71. The Labute approximate surface area is 291 Å². The number of allylic oxidation sites excluding steroid dienone is 4. The molecular formula is C48H36N2. The van der Waals surface area contributed by atoms with Gasteiger partial charge in [0.25, 0.3) is 0 Å². The molecule has 0 saturated carbocycles. The molecule has 2 nitrogen and oxygen atoms in total. The van der Waals surface area contributed by atoms with E-state index in [1.807, 2.05) is 0 Å². The van der Waals surface area contributed by atoms with Gasteiger partial charge in [-0.25, -0.2) is 0 Å². The number of aromatic nitrogens is 2. The van der Waals surface area contributed by atoms with Gasteiger partial charge in [0.2, 0.25) is 0 Å². The highest BCUT2D eigenvalue weighted by Crippen LogP contribution is 2.38. The second kappa shape index (κ2) is 11.8. The standard InChI is InChI=1S/C48H36N2/c1-3-12-33(13-4-1)34-22-24-35(25-23-34)36-14-11-17-40(30-36)50-46-21-10-8-19-42(46)44-32-38(27-29-48(44)50)37-26-28-47-43(31-37)41-18-7-9-20-45(41)49(47)39-15-5-2-6-16-39/h1-10,12-16,18-25,27-32,37H,11,17,26H2. The molecule has 1 unspecified atom stereocenters. The van der Waals surface area contributed by atoms with E-state index in [1.54, 1.807) is 0 Å². The maximum Gasteiger partial charge on any atom is 0.0540 e. The van der Waals surface area contributed by atoms with Crippen molar-refractivity contribution in [1.29, 1.82) is 0 Å². The van der Waals surface area contributed by atoms with E-state index in [1.165, 1.54) is 82.5 Å². The van der Waals surface area contributed by atoms with Gasteiger partial charge in [0.1, 0.15) is 0 Å². The summed E-state index contributed by atoms with van der Waals surface area (Å²) in [4.78, 5) is 0. The fourth-order valence-electron chi connectivity index (χ4n) is 8.34. The van der Waals surface area contributed by atoms with Crippen LogP contribution in [0.25, 0.3) is 72.9 Å². The first-order chi connectivity index (χ1) is 24.8. The normalized spacial score (nSPS) is 15.7. The zero-order valence-electron chi connectivity index (χ0n) is 27.8. The highest BCUT2D eigenvalue weighted by atomic mass is 15.0. The van der Waals surface area contributed by atoms with Crippen LogP contribution in [0.5, 0.6) is 0 Å². The van der Waals surface area contributed by atoms with Gasteiger partial charge in [-0.05, 0) is 89.6 Å². The molecule has 0 aliphatic heterocycles. The first kappa shape index (κ1) is 28.9. The van der Waals surface area contributed by atoms with Crippen LogP contribution in [0.3, 0.4) is 0 Å². The van der Waals surface area contributed by atoms with E-state index in [2.05, 4.69) is 185 Å². The maximum absolute atomic E-state index is 2.52. The molecule has 2 heteroatoms. The minimum atomic E-state index is 0.311. The molecule has 2 aliphatic carbocycles. The highest BCUT2D eigenvalue weighted by molar-refractivity contribution is 6.10. The maximum atomic E-state index is 2.52. The Hall–Kier alpha value is -6.12. The molecule has 1 atom stereocenters. The van der Waals surface area contributed by atoms with Crippen LogP contribution in [0, 0.1) is 0 Å². The monoisotopic (exact) mass is 640 g/mol. The van der Waals surface area contributed by atoms with Crippen LogP contribution >= 0.6 is 0 Å². The molecule has 0 bridgehead atoms. The van der Waals surface area contributed by atoms with E-state index in [-0.39, 0.29) is 0 Å². The van der Waals surface area contributed by atoms with Crippen molar-refractivity contribution in [2.24, 2.45) is 0 Å². The van der Waals surface area contributed by atoms with Crippen LogP contribution in [-0.4, -0.2) is 9.13 Å². The Morgan fingerprint density at radius 2 is 1.14 bits per heavy atom. The summed E-state index contributed by atoms with van der Waals surface area (Å²) in [5.74, 6) is 0.311. The Balaban J connectivity index is 1.05. The molecule has 238 valence electrons. The SMILES string of the molecule is C1=C(c2ccc(-c3ccccc3)cc2)C=C(n2c3ccccc3c3cc(C4C=c5c(n(-c6ccccc6)c6ccccc56)=CC4)ccc32)CC1. The topological polar surface area (TPSA) is 9.86 Å². The molecule has 0 radical (unpaired) electrons. The van der Waals surface area contributed by atoms with Crippen molar-refractivity contribution in [1.82, 2.24) is 9.13 Å². The van der Waals surface area contributed by atoms with E-state index in [9.17, 15) is 0 Å². The smallest absolute Gasteiger partial charge is 0.0540 e. The van der Waals surface area contributed by atoms with Gasteiger partial charge in [-0.3, -0.25) is 0 Å². The first-order valence-electron chi connectivity index (χ1n) is 17.8. The molecule has 50 heavy (non-hydrogen) atoms. The number of hydrogen-bond donors (Lipinski definition) is 0. The molecule has 6 aromatic carbocycles. The van der Waals surface area contributed by atoms with E-state index in [0.29, 0.717) is 5.92 Å². The number of para-hydroxylation sites is 3. The number of rotatable bonds is 5. The molecule has 0 spiro atoms. The largest absolute Gasteiger partial charge is 0.313 e. The fourth-order valence-corrected chi connectivity index (χ4v) is 8.34. The molecule has 2 aromatic heterocycles. The quantitative estimate of drug-likeness (QED) is 0.177. The third-order valence-electron chi connectivity index (χ3n) is 10.7. The van der Waals surface area contributed by atoms with E-state index < -0.39 is 0 Å². The summed E-state index contributed by atoms with van der Waals surface area (Å²) in [6.45, 7) is 0. The van der Waals surface area contributed by atoms with Crippen molar-refractivity contribution in [2.75, 3.05) is 0 Å². The van der Waals surface area contributed by atoms with Gasteiger partial charge < -0.3 is 9.13 Å². The predicted molar refractivity (Wildman–Crippen MR) is 212 cm³/mol. The summed E-state index contributed by atoms with van der Waals surface area (Å²) in [5, 5.41) is 6.59. The second-order valence-electron chi connectivity index (χ2n) is 13.6. The zero-order chi connectivity index (χ0) is 33.0. The van der Waals surface area contributed by atoms with Gasteiger partial charge in [0.15, 0.2) is 0 Å². The fraction of sp³-hybridized carbons (Fsp3) is 0.0833. The summed E-state index contributed by atoms with van der Waals surface area (Å²) in [7, 11) is 0.